The van der Waals surface area contributed by atoms with Crippen molar-refractivity contribution in [1.29, 1.82) is 0 Å². The molecule has 0 fully saturated rings. The van der Waals surface area contributed by atoms with Crippen molar-refractivity contribution in [3.05, 3.63) is 89.2 Å². The summed E-state index contributed by atoms with van der Waals surface area (Å²) < 4.78 is 5.66. The van der Waals surface area contributed by atoms with Gasteiger partial charge >= 0.3 is 30.8 Å². The number of carboxylic acid groups (broad SMARTS) is 1. The molecule has 7 nitrogen and oxygen atoms in total. The smallest absolute Gasteiger partial charge is 1.00 e. The van der Waals surface area contributed by atoms with Crippen LogP contribution in [0.4, 0.5) is 0 Å². The van der Waals surface area contributed by atoms with E-state index in [1.165, 1.54) is 11.8 Å². The van der Waals surface area contributed by atoms with Gasteiger partial charge in [-0.05, 0) is 92.7 Å². The number of rotatable bonds is 10. The van der Waals surface area contributed by atoms with Crippen molar-refractivity contribution in [2.75, 3.05) is 12.0 Å². The zero-order valence-corrected chi connectivity index (χ0v) is 24.7. The van der Waals surface area contributed by atoms with Crippen LogP contribution in [0.1, 0.15) is 55.7 Å². The van der Waals surface area contributed by atoms with Crippen LogP contribution in [0.5, 0.6) is 0 Å². The molecule has 0 saturated heterocycles. The molecule has 0 saturated carbocycles. The molecule has 9 heteroatoms. The Balaban J connectivity index is 0.00000420. The average Bonchev–Trinajstić information content (AvgIpc) is 2.89. The van der Waals surface area contributed by atoms with Gasteiger partial charge in [0.25, 0.3) is 5.91 Å². The molecular formula is C31H35LiN2O5S. The summed E-state index contributed by atoms with van der Waals surface area (Å²) in [6.45, 7) is 7.36. The van der Waals surface area contributed by atoms with Crippen molar-refractivity contribution in [1.82, 2.24) is 10.3 Å². The zero-order valence-electron chi connectivity index (χ0n) is 24.9. The number of aliphatic carboxylic acids is 1. The molecule has 1 amide bonds. The van der Waals surface area contributed by atoms with Gasteiger partial charge in [-0.15, -0.1) is 0 Å². The number of benzene rings is 2. The number of carbonyl (C=O) groups excluding carboxylic acids is 2. The second-order valence-corrected chi connectivity index (χ2v) is 11.1. The summed E-state index contributed by atoms with van der Waals surface area (Å²) in [6.07, 6.45) is 7.14. The number of hydrogen-bond donors (Lipinski definition) is 2. The molecule has 0 aliphatic heterocycles. The topological polar surface area (TPSA) is 106 Å². The Kier molecular flexibility index (Phi) is 12.3. The summed E-state index contributed by atoms with van der Waals surface area (Å²) in [6, 6.07) is 15.4. The maximum Gasteiger partial charge on any atom is 1.00 e. The second kappa shape index (κ2) is 14.9. The number of esters is 1. The molecule has 3 aromatic rings. The molecule has 3 rings (SSSR count). The van der Waals surface area contributed by atoms with Crippen LogP contribution in [0, 0.1) is 6.92 Å². The summed E-state index contributed by atoms with van der Waals surface area (Å²) >= 11 is 1.52. The first kappa shape index (κ1) is 32.9. The average molecular weight is 555 g/mol. The van der Waals surface area contributed by atoms with Crippen molar-refractivity contribution in [2.45, 2.75) is 45.8 Å². The van der Waals surface area contributed by atoms with Gasteiger partial charge in [0.15, 0.2) is 0 Å². The summed E-state index contributed by atoms with van der Waals surface area (Å²) in [5.74, 6) is -1.44. The number of nitrogens with one attached hydrogen (secondary N) is 1. The zero-order chi connectivity index (χ0) is 28.6. The van der Waals surface area contributed by atoms with E-state index in [9.17, 15) is 19.5 Å². The summed E-state index contributed by atoms with van der Waals surface area (Å²) in [4.78, 5) is 42.5. The van der Waals surface area contributed by atoms with Crippen molar-refractivity contribution < 1.29 is 44.5 Å². The van der Waals surface area contributed by atoms with Gasteiger partial charge in [-0.2, -0.15) is 11.8 Å². The minimum atomic E-state index is -1.08. The minimum absolute atomic E-state index is 0. The fourth-order valence-corrected chi connectivity index (χ4v) is 4.43. The quantitative estimate of drug-likeness (QED) is 0.226. The third-order valence-electron chi connectivity index (χ3n) is 5.84. The number of carboxylic acids is 1. The molecule has 0 radical (unpaired) electrons. The SMILES string of the molecule is CSCC[C@H](NC(=O)c1ccc(C=C(C(=O)OC(C)(C)C)c2cccnc2)cc1-c1ccccc1C)C(=O)O.[H-].[Li+]. The number of carbonyl (C=O) groups is 3. The van der Waals surface area contributed by atoms with E-state index in [0.29, 0.717) is 40.0 Å². The van der Waals surface area contributed by atoms with Crippen LogP contribution >= 0.6 is 11.8 Å². The van der Waals surface area contributed by atoms with Crippen LogP contribution in [0.15, 0.2) is 67.0 Å². The first-order valence-electron chi connectivity index (χ1n) is 12.6. The molecule has 0 bridgehead atoms. The predicted octanol–water partition coefficient (Wildman–Crippen LogP) is 2.99. The molecule has 0 spiro atoms. The van der Waals surface area contributed by atoms with Crippen LogP contribution < -0.4 is 24.2 Å². The van der Waals surface area contributed by atoms with Crippen molar-refractivity contribution >= 4 is 41.3 Å². The molecule has 2 N–H and O–H groups in total. The molecule has 40 heavy (non-hydrogen) atoms. The Morgan fingerprint density at radius 2 is 1.82 bits per heavy atom. The monoisotopic (exact) mass is 554 g/mol. The fourth-order valence-electron chi connectivity index (χ4n) is 3.96. The summed E-state index contributed by atoms with van der Waals surface area (Å²) in [5.41, 5.74) is 3.66. The van der Waals surface area contributed by atoms with Gasteiger partial charge in [0.2, 0.25) is 0 Å². The molecule has 0 unspecified atom stereocenters. The normalized spacial score (nSPS) is 12.2. The Hall–Kier alpha value is -3.31. The molecule has 206 valence electrons. The Morgan fingerprint density at radius 1 is 1.10 bits per heavy atom. The van der Waals surface area contributed by atoms with Gasteiger partial charge in [0.05, 0.1) is 5.57 Å². The van der Waals surface area contributed by atoms with Gasteiger partial charge in [-0.25, -0.2) is 9.59 Å². The second-order valence-electron chi connectivity index (χ2n) is 10.1. The van der Waals surface area contributed by atoms with Crippen molar-refractivity contribution in [3.8, 4) is 11.1 Å². The van der Waals surface area contributed by atoms with Crippen LogP contribution in [0.2, 0.25) is 0 Å². The number of pyridine rings is 1. The number of ether oxygens (including phenoxy) is 1. The van der Waals surface area contributed by atoms with Gasteiger partial charge in [-0.1, -0.05) is 36.4 Å². The minimum Gasteiger partial charge on any atom is -1.00 e. The first-order valence-corrected chi connectivity index (χ1v) is 14.0. The van der Waals surface area contributed by atoms with E-state index in [1.807, 2.05) is 43.5 Å². The number of nitrogens with zero attached hydrogens (tertiary/aromatic N) is 1. The molecule has 1 heterocycles. The van der Waals surface area contributed by atoms with Gasteiger partial charge in [-0.3, -0.25) is 9.78 Å². The number of amides is 1. The molecule has 0 aliphatic rings. The summed E-state index contributed by atoms with van der Waals surface area (Å²) in [7, 11) is 0. The summed E-state index contributed by atoms with van der Waals surface area (Å²) in [5, 5.41) is 12.3. The van der Waals surface area contributed by atoms with Gasteiger partial charge in [0.1, 0.15) is 11.6 Å². The van der Waals surface area contributed by atoms with E-state index in [1.54, 1.807) is 63.5 Å². The molecule has 2 aromatic carbocycles. The largest absolute Gasteiger partial charge is 1.00 e. The van der Waals surface area contributed by atoms with E-state index in [4.69, 9.17) is 4.74 Å². The number of aryl methyl sites for hydroxylation is 1. The van der Waals surface area contributed by atoms with Gasteiger partial charge in [0, 0.05) is 23.5 Å². The van der Waals surface area contributed by atoms with Crippen LogP contribution in [-0.2, 0) is 14.3 Å². The first-order chi connectivity index (χ1) is 18.5. The van der Waals surface area contributed by atoms with Crippen LogP contribution in [0.3, 0.4) is 0 Å². The molecule has 0 aliphatic carbocycles. The standard InChI is InChI=1S/C31H34N2O5S.Li.H/c1-20-9-6-7-11-23(20)26-18-21(12-13-24(26)28(34)33-27(29(35)36)14-16-39-5)17-25(22-10-8-15-32-19-22)30(37)38-31(2,3)4;;/h6-13,15,17-19,27H,14,16H2,1-5H3,(H,33,34)(H,35,36);;/q;+1;-1/t27-;;/m0../s1. The maximum atomic E-state index is 13.4. The van der Waals surface area contributed by atoms with Crippen LogP contribution in [0.25, 0.3) is 22.8 Å². The van der Waals surface area contributed by atoms with Crippen LogP contribution in [-0.4, -0.2) is 51.6 Å². The van der Waals surface area contributed by atoms with E-state index in [0.717, 1.165) is 11.1 Å². The number of thioether (sulfide) groups is 1. The van der Waals surface area contributed by atoms with Gasteiger partial charge < -0.3 is 16.6 Å². The third-order valence-corrected chi connectivity index (χ3v) is 6.48. The molecule has 1 aromatic heterocycles. The Morgan fingerprint density at radius 3 is 2.42 bits per heavy atom. The van der Waals surface area contributed by atoms with E-state index in [-0.39, 0.29) is 20.3 Å². The Labute approximate surface area is 253 Å². The predicted molar refractivity (Wildman–Crippen MR) is 158 cm³/mol. The number of aromatic nitrogens is 1. The fraction of sp³-hybridized carbons (Fsp3) is 0.290. The van der Waals surface area contributed by atoms with Crippen molar-refractivity contribution in [3.63, 3.8) is 0 Å². The van der Waals surface area contributed by atoms with Crippen molar-refractivity contribution in [2.24, 2.45) is 0 Å². The van der Waals surface area contributed by atoms with E-state index in [2.05, 4.69) is 10.3 Å². The Bertz CT molecular complexity index is 1380. The van der Waals surface area contributed by atoms with E-state index < -0.39 is 29.5 Å². The molecule has 1 atom stereocenters. The molecular weight excluding hydrogens is 519 g/mol. The maximum absolute atomic E-state index is 13.4. The number of hydrogen-bond acceptors (Lipinski definition) is 6. The van der Waals surface area contributed by atoms with E-state index >= 15 is 0 Å². The third kappa shape index (κ3) is 9.12.